The lowest BCUT2D eigenvalue weighted by atomic mass is 9.99. The van der Waals surface area contributed by atoms with Crippen molar-refractivity contribution in [1.29, 1.82) is 0 Å². The number of hydrogen-bond acceptors (Lipinski definition) is 5. The second-order valence-electron chi connectivity index (χ2n) is 5.12. The largest absolute Gasteiger partial charge is 0.456 e. The van der Waals surface area contributed by atoms with E-state index in [0.29, 0.717) is 17.7 Å². The molecule has 6 heteroatoms. The van der Waals surface area contributed by atoms with E-state index in [1.54, 1.807) is 6.07 Å². The summed E-state index contributed by atoms with van der Waals surface area (Å²) in [7, 11) is 1.82. The Morgan fingerprint density at radius 2 is 2.14 bits per heavy atom. The SMILES string of the molecule is CNNCc1ccc2c(c1)-c1n[nH]c(=O)c3cccc(c13)O2. The fraction of sp³-hybridized carbons (Fsp3) is 0.125. The van der Waals surface area contributed by atoms with Crippen LogP contribution >= 0.6 is 0 Å². The molecule has 1 aromatic heterocycles. The van der Waals surface area contributed by atoms with Crippen LogP contribution in [0.3, 0.4) is 0 Å². The first-order chi connectivity index (χ1) is 10.8. The summed E-state index contributed by atoms with van der Waals surface area (Å²) < 4.78 is 5.94. The van der Waals surface area contributed by atoms with Crippen molar-refractivity contribution >= 4 is 10.8 Å². The number of H-pyrrole nitrogens is 1. The lowest BCUT2D eigenvalue weighted by molar-refractivity contribution is 0.485. The molecule has 1 aliphatic heterocycles. The van der Waals surface area contributed by atoms with Crippen LogP contribution in [0.25, 0.3) is 22.0 Å². The second kappa shape index (κ2) is 4.94. The Labute approximate surface area is 126 Å². The zero-order valence-corrected chi connectivity index (χ0v) is 11.9. The molecule has 6 nitrogen and oxygen atoms in total. The Morgan fingerprint density at radius 3 is 3.00 bits per heavy atom. The first-order valence-corrected chi connectivity index (χ1v) is 7.00. The van der Waals surface area contributed by atoms with E-state index in [1.807, 2.05) is 37.4 Å². The highest BCUT2D eigenvalue weighted by Gasteiger charge is 2.22. The highest BCUT2D eigenvalue weighted by atomic mass is 16.5. The standard InChI is InChI=1S/C16H14N4O2/c1-17-18-8-9-5-6-12-11(7-9)15-14-10(16(21)20-19-15)3-2-4-13(14)22-12/h2-7,17-18H,8H2,1H3,(H,20,21). The van der Waals surface area contributed by atoms with Crippen LogP contribution in [0.2, 0.25) is 0 Å². The molecular formula is C16H14N4O2. The predicted octanol–water partition coefficient (Wildman–Crippen LogP) is 1.92. The molecule has 0 saturated carbocycles. The lowest BCUT2D eigenvalue weighted by Crippen LogP contribution is -2.26. The summed E-state index contributed by atoms with van der Waals surface area (Å²) in [6.45, 7) is 0.678. The number of rotatable bonds is 3. The van der Waals surface area contributed by atoms with E-state index in [4.69, 9.17) is 4.74 Å². The lowest BCUT2D eigenvalue weighted by Gasteiger charge is -2.20. The molecule has 2 heterocycles. The number of fused-ring (bicyclic) bond motifs is 2. The second-order valence-corrected chi connectivity index (χ2v) is 5.12. The van der Waals surface area contributed by atoms with Crippen molar-refractivity contribution in [2.45, 2.75) is 6.54 Å². The topological polar surface area (TPSA) is 79.0 Å². The van der Waals surface area contributed by atoms with Gasteiger partial charge in [0, 0.05) is 12.1 Å². The summed E-state index contributed by atoms with van der Waals surface area (Å²) in [5, 5.41) is 8.17. The van der Waals surface area contributed by atoms with Gasteiger partial charge in [0.2, 0.25) is 0 Å². The summed E-state index contributed by atoms with van der Waals surface area (Å²) in [6, 6.07) is 11.4. The molecule has 0 atom stereocenters. The summed E-state index contributed by atoms with van der Waals surface area (Å²) in [5.41, 5.74) is 8.47. The Hall–Kier alpha value is -2.70. The highest BCUT2D eigenvalue weighted by molar-refractivity contribution is 6.01. The Morgan fingerprint density at radius 1 is 1.23 bits per heavy atom. The van der Waals surface area contributed by atoms with Gasteiger partial charge < -0.3 is 4.74 Å². The van der Waals surface area contributed by atoms with Crippen molar-refractivity contribution in [3.63, 3.8) is 0 Å². The zero-order valence-electron chi connectivity index (χ0n) is 11.9. The predicted molar refractivity (Wildman–Crippen MR) is 83.8 cm³/mol. The van der Waals surface area contributed by atoms with Crippen LogP contribution in [0.1, 0.15) is 5.56 Å². The molecule has 3 N–H and O–H groups in total. The quantitative estimate of drug-likeness (QED) is 0.503. The van der Waals surface area contributed by atoms with Gasteiger partial charge >= 0.3 is 0 Å². The molecule has 0 unspecified atom stereocenters. The van der Waals surface area contributed by atoms with Gasteiger partial charge in [-0.1, -0.05) is 12.1 Å². The molecule has 0 saturated heterocycles. The molecule has 0 radical (unpaired) electrons. The summed E-state index contributed by atoms with van der Waals surface area (Å²) in [4.78, 5) is 12.0. The van der Waals surface area contributed by atoms with Gasteiger partial charge in [-0.05, 0) is 36.9 Å². The van der Waals surface area contributed by atoms with E-state index in [-0.39, 0.29) is 5.56 Å². The fourth-order valence-electron chi connectivity index (χ4n) is 2.74. The Kier molecular flexibility index (Phi) is 2.92. The van der Waals surface area contributed by atoms with E-state index < -0.39 is 0 Å². The van der Waals surface area contributed by atoms with E-state index in [2.05, 4.69) is 21.0 Å². The van der Waals surface area contributed by atoms with Crippen molar-refractivity contribution in [3.05, 3.63) is 52.3 Å². The molecular weight excluding hydrogens is 280 g/mol. The van der Waals surface area contributed by atoms with Gasteiger partial charge in [0.25, 0.3) is 5.56 Å². The average Bonchev–Trinajstić information content (AvgIpc) is 2.55. The third-order valence-electron chi connectivity index (χ3n) is 3.77. The van der Waals surface area contributed by atoms with Crippen LogP contribution in [0, 0.1) is 0 Å². The van der Waals surface area contributed by atoms with Crippen molar-refractivity contribution in [1.82, 2.24) is 21.0 Å². The fourth-order valence-corrected chi connectivity index (χ4v) is 2.74. The number of ether oxygens (including phenoxy) is 1. The van der Waals surface area contributed by atoms with Crippen LogP contribution < -0.4 is 21.1 Å². The molecule has 2 aromatic carbocycles. The van der Waals surface area contributed by atoms with E-state index in [0.717, 1.165) is 28.0 Å². The first kappa shape index (κ1) is 13.0. The maximum Gasteiger partial charge on any atom is 0.272 e. The minimum atomic E-state index is -0.208. The summed E-state index contributed by atoms with van der Waals surface area (Å²) in [6.07, 6.45) is 0. The number of aromatic amines is 1. The summed E-state index contributed by atoms with van der Waals surface area (Å²) >= 11 is 0. The molecule has 0 bridgehead atoms. The first-order valence-electron chi connectivity index (χ1n) is 7.00. The number of hydrazine groups is 1. The van der Waals surface area contributed by atoms with Crippen LogP contribution in [-0.2, 0) is 6.54 Å². The number of nitrogens with zero attached hydrogens (tertiary/aromatic N) is 1. The third kappa shape index (κ3) is 1.89. The normalized spacial score (nSPS) is 12.0. The van der Waals surface area contributed by atoms with E-state index >= 15 is 0 Å². The Bertz CT molecular complexity index is 933. The Balaban J connectivity index is 1.96. The molecule has 0 aliphatic carbocycles. The average molecular weight is 294 g/mol. The van der Waals surface area contributed by atoms with Crippen molar-refractivity contribution in [2.24, 2.45) is 0 Å². The number of hydrogen-bond donors (Lipinski definition) is 3. The van der Waals surface area contributed by atoms with E-state index in [1.165, 1.54) is 0 Å². The monoisotopic (exact) mass is 294 g/mol. The van der Waals surface area contributed by atoms with E-state index in [9.17, 15) is 4.79 Å². The minimum Gasteiger partial charge on any atom is -0.456 e. The molecule has 0 spiro atoms. The zero-order chi connectivity index (χ0) is 15.1. The number of aromatic nitrogens is 2. The maximum atomic E-state index is 12.0. The molecule has 1 aliphatic rings. The van der Waals surface area contributed by atoms with Gasteiger partial charge in [-0.2, -0.15) is 5.10 Å². The number of benzene rings is 2. The molecule has 3 aromatic rings. The minimum absolute atomic E-state index is 0.208. The van der Waals surface area contributed by atoms with Crippen LogP contribution in [0.15, 0.2) is 41.2 Å². The highest BCUT2D eigenvalue weighted by Crippen LogP contribution is 2.44. The molecule has 22 heavy (non-hydrogen) atoms. The van der Waals surface area contributed by atoms with Crippen LogP contribution in [0.4, 0.5) is 0 Å². The number of nitrogens with one attached hydrogen (secondary N) is 3. The van der Waals surface area contributed by atoms with Gasteiger partial charge in [-0.15, -0.1) is 0 Å². The van der Waals surface area contributed by atoms with Gasteiger partial charge in [-0.3, -0.25) is 15.6 Å². The third-order valence-corrected chi connectivity index (χ3v) is 3.77. The van der Waals surface area contributed by atoms with Crippen LogP contribution in [0.5, 0.6) is 11.5 Å². The molecule has 0 fully saturated rings. The van der Waals surface area contributed by atoms with Crippen molar-refractivity contribution in [2.75, 3.05) is 7.05 Å². The van der Waals surface area contributed by atoms with Gasteiger partial charge in [-0.25, -0.2) is 5.10 Å². The van der Waals surface area contributed by atoms with Crippen molar-refractivity contribution in [3.8, 4) is 22.8 Å². The van der Waals surface area contributed by atoms with Gasteiger partial charge in [0.1, 0.15) is 17.2 Å². The molecule has 110 valence electrons. The van der Waals surface area contributed by atoms with Gasteiger partial charge in [0.05, 0.1) is 10.8 Å². The van der Waals surface area contributed by atoms with Gasteiger partial charge in [0.15, 0.2) is 0 Å². The molecule has 4 rings (SSSR count). The molecule has 0 amide bonds. The smallest absolute Gasteiger partial charge is 0.272 e. The van der Waals surface area contributed by atoms with Crippen LogP contribution in [-0.4, -0.2) is 17.2 Å². The van der Waals surface area contributed by atoms with Crippen molar-refractivity contribution < 1.29 is 4.74 Å². The maximum absolute atomic E-state index is 12.0. The summed E-state index contributed by atoms with van der Waals surface area (Å²) in [5.74, 6) is 1.41.